The molecule has 1 saturated carbocycles. The monoisotopic (exact) mass is 331 g/mol. The van der Waals surface area contributed by atoms with Crippen LogP contribution in [-0.2, 0) is 19.4 Å². The van der Waals surface area contributed by atoms with Crippen LogP contribution in [0.5, 0.6) is 0 Å². The minimum atomic E-state index is -3.03. The summed E-state index contributed by atoms with van der Waals surface area (Å²) in [5.74, 6) is -0.402. The molecule has 1 unspecified atom stereocenters. The van der Waals surface area contributed by atoms with Crippen molar-refractivity contribution in [3.05, 3.63) is 0 Å². The van der Waals surface area contributed by atoms with Crippen LogP contribution in [0.4, 0.5) is 0 Å². The Hall–Kier alpha value is -1.15. The Morgan fingerprint density at radius 1 is 1.32 bits per heavy atom. The number of sulfone groups is 1. The van der Waals surface area contributed by atoms with E-state index in [2.05, 4.69) is 5.32 Å². The van der Waals surface area contributed by atoms with Gasteiger partial charge in [0.15, 0.2) is 9.84 Å². The highest BCUT2D eigenvalue weighted by Gasteiger charge is 2.40. The van der Waals surface area contributed by atoms with E-state index in [-0.39, 0.29) is 35.9 Å². The Morgan fingerprint density at radius 3 is 2.45 bits per heavy atom. The standard InChI is InChI=1S/C14H25N3O4S/c1-2-17(13(19)14(15)6-3-4-7-14)9-12(18)16-11-5-8-22(20,21)10-11/h11H,2-10,15H2,1H3,(H,16,18). The number of carbonyl (C=O) groups is 2. The molecule has 22 heavy (non-hydrogen) atoms. The van der Waals surface area contributed by atoms with E-state index in [1.807, 2.05) is 6.92 Å². The van der Waals surface area contributed by atoms with Gasteiger partial charge in [-0.05, 0) is 26.2 Å². The van der Waals surface area contributed by atoms with Gasteiger partial charge in [-0.1, -0.05) is 12.8 Å². The summed E-state index contributed by atoms with van der Waals surface area (Å²) in [5.41, 5.74) is 5.31. The lowest BCUT2D eigenvalue weighted by Crippen LogP contribution is -2.55. The van der Waals surface area contributed by atoms with E-state index in [4.69, 9.17) is 5.73 Å². The van der Waals surface area contributed by atoms with Gasteiger partial charge in [-0.3, -0.25) is 9.59 Å². The van der Waals surface area contributed by atoms with Crippen molar-refractivity contribution in [1.29, 1.82) is 0 Å². The number of carbonyl (C=O) groups excluding carboxylic acids is 2. The zero-order valence-corrected chi connectivity index (χ0v) is 13.8. The maximum absolute atomic E-state index is 12.5. The van der Waals surface area contributed by atoms with E-state index >= 15 is 0 Å². The van der Waals surface area contributed by atoms with Crippen molar-refractivity contribution in [2.45, 2.75) is 50.6 Å². The number of hydrogen-bond acceptors (Lipinski definition) is 5. The second kappa shape index (κ2) is 6.54. The molecule has 1 saturated heterocycles. The van der Waals surface area contributed by atoms with Crippen LogP contribution in [-0.4, -0.2) is 61.3 Å². The van der Waals surface area contributed by atoms with Crippen molar-refractivity contribution < 1.29 is 18.0 Å². The first-order valence-electron chi connectivity index (χ1n) is 7.84. The van der Waals surface area contributed by atoms with Crippen LogP contribution < -0.4 is 11.1 Å². The van der Waals surface area contributed by atoms with Crippen molar-refractivity contribution in [3.8, 4) is 0 Å². The molecule has 0 aromatic carbocycles. The third kappa shape index (κ3) is 3.98. The van der Waals surface area contributed by atoms with Crippen LogP contribution in [0.1, 0.15) is 39.0 Å². The fraction of sp³-hybridized carbons (Fsp3) is 0.857. The quantitative estimate of drug-likeness (QED) is 0.700. The molecule has 2 amide bonds. The molecule has 2 fully saturated rings. The van der Waals surface area contributed by atoms with Crippen LogP contribution in [0, 0.1) is 0 Å². The molecule has 2 aliphatic rings. The van der Waals surface area contributed by atoms with Crippen molar-refractivity contribution in [2.75, 3.05) is 24.6 Å². The van der Waals surface area contributed by atoms with Crippen molar-refractivity contribution in [2.24, 2.45) is 5.73 Å². The number of likely N-dealkylation sites (N-methyl/N-ethyl adjacent to an activating group) is 1. The Kier molecular flexibility index (Phi) is 5.11. The number of amides is 2. The predicted molar refractivity (Wildman–Crippen MR) is 82.8 cm³/mol. The molecule has 7 nitrogen and oxygen atoms in total. The van der Waals surface area contributed by atoms with E-state index in [9.17, 15) is 18.0 Å². The van der Waals surface area contributed by atoms with Gasteiger partial charge in [-0.15, -0.1) is 0 Å². The summed E-state index contributed by atoms with van der Waals surface area (Å²) in [7, 11) is -3.03. The van der Waals surface area contributed by atoms with Gasteiger partial charge in [0.05, 0.1) is 23.6 Å². The molecule has 0 radical (unpaired) electrons. The molecule has 8 heteroatoms. The van der Waals surface area contributed by atoms with Crippen molar-refractivity contribution >= 4 is 21.7 Å². The molecule has 1 aliphatic heterocycles. The van der Waals surface area contributed by atoms with Crippen LogP contribution in [0.15, 0.2) is 0 Å². The maximum atomic E-state index is 12.5. The van der Waals surface area contributed by atoms with Crippen LogP contribution in [0.2, 0.25) is 0 Å². The summed E-state index contributed by atoms with van der Waals surface area (Å²) < 4.78 is 22.8. The van der Waals surface area contributed by atoms with Crippen molar-refractivity contribution in [3.63, 3.8) is 0 Å². The molecule has 126 valence electrons. The van der Waals surface area contributed by atoms with E-state index in [1.165, 1.54) is 4.90 Å². The zero-order valence-electron chi connectivity index (χ0n) is 13.0. The van der Waals surface area contributed by atoms with Gasteiger partial charge < -0.3 is 16.0 Å². The third-order valence-electron chi connectivity index (χ3n) is 4.52. The molecule has 0 aromatic heterocycles. The van der Waals surface area contributed by atoms with Crippen LogP contribution in [0.25, 0.3) is 0 Å². The summed E-state index contributed by atoms with van der Waals surface area (Å²) in [6, 6.07) is -0.343. The SMILES string of the molecule is CCN(CC(=O)NC1CCS(=O)(=O)C1)C(=O)C1(N)CCCC1. The largest absolute Gasteiger partial charge is 0.351 e. The van der Waals surface area contributed by atoms with Gasteiger partial charge in [0.2, 0.25) is 11.8 Å². The lowest BCUT2D eigenvalue weighted by atomic mass is 9.97. The molecule has 3 N–H and O–H groups in total. The number of nitrogens with two attached hydrogens (primary N) is 1. The fourth-order valence-corrected chi connectivity index (χ4v) is 4.89. The zero-order chi connectivity index (χ0) is 16.4. The lowest BCUT2D eigenvalue weighted by molar-refractivity contribution is -0.140. The molecule has 0 aromatic rings. The van der Waals surface area contributed by atoms with Crippen molar-refractivity contribution in [1.82, 2.24) is 10.2 Å². The summed E-state index contributed by atoms with van der Waals surface area (Å²) in [5, 5.41) is 2.70. The van der Waals surface area contributed by atoms with Gasteiger partial charge in [0.1, 0.15) is 0 Å². The molecule has 0 spiro atoms. The van der Waals surface area contributed by atoms with E-state index in [0.717, 1.165) is 12.8 Å². The summed E-state index contributed by atoms with van der Waals surface area (Å²) >= 11 is 0. The number of hydrogen-bond donors (Lipinski definition) is 2. The highest BCUT2D eigenvalue weighted by Crippen LogP contribution is 2.28. The van der Waals surface area contributed by atoms with Gasteiger partial charge in [0, 0.05) is 12.6 Å². The Morgan fingerprint density at radius 2 is 1.95 bits per heavy atom. The average molecular weight is 331 g/mol. The van der Waals surface area contributed by atoms with Gasteiger partial charge in [-0.2, -0.15) is 0 Å². The first-order chi connectivity index (χ1) is 10.3. The van der Waals surface area contributed by atoms with Gasteiger partial charge in [0.25, 0.3) is 0 Å². The van der Waals surface area contributed by atoms with Gasteiger partial charge in [-0.25, -0.2) is 8.42 Å². The van der Waals surface area contributed by atoms with Gasteiger partial charge >= 0.3 is 0 Å². The molecule has 2 rings (SSSR count). The topological polar surface area (TPSA) is 110 Å². The summed E-state index contributed by atoms with van der Waals surface area (Å²) in [6.45, 7) is 2.16. The minimum Gasteiger partial charge on any atom is -0.351 e. The third-order valence-corrected chi connectivity index (χ3v) is 6.29. The number of rotatable bonds is 5. The second-order valence-electron chi connectivity index (χ2n) is 6.35. The van der Waals surface area contributed by atoms with E-state index < -0.39 is 15.4 Å². The van der Waals surface area contributed by atoms with Crippen LogP contribution in [0.3, 0.4) is 0 Å². The Bertz CT molecular complexity index is 540. The highest BCUT2D eigenvalue weighted by atomic mass is 32.2. The van der Waals surface area contributed by atoms with E-state index in [0.29, 0.717) is 25.8 Å². The summed E-state index contributed by atoms with van der Waals surface area (Å²) in [6.07, 6.45) is 3.63. The number of nitrogens with zero attached hydrogens (tertiary/aromatic N) is 1. The van der Waals surface area contributed by atoms with E-state index in [1.54, 1.807) is 0 Å². The molecule has 0 bridgehead atoms. The predicted octanol–water partition coefficient (Wildman–Crippen LogP) is -0.590. The summed E-state index contributed by atoms with van der Waals surface area (Å²) in [4.78, 5) is 26.0. The smallest absolute Gasteiger partial charge is 0.243 e. The molecular formula is C14H25N3O4S. The Labute approximate surface area is 131 Å². The number of nitrogens with one attached hydrogen (secondary N) is 1. The highest BCUT2D eigenvalue weighted by molar-refractivity contribution is 7.91. The molecular weight excluding hydrogens is 306 g/mol. The second-order valence-corrected chi connectivity index (χ2v) is 8.58. The first kappa shape index (κ1) is 17.2. The molecule has 1 heterocycles. The lowest BCUT2D eigenvalue weighted by Gasteiger charge is -2.30. The normalized spacial score (nSPS) is 25.8. The molecule has 1 atom stereocenters. The minimum absolute atomic E-state index is 0.0142. The fourth-order valence-electron chi connectivity index (χ4n) is 3.22. The average Bonchev–Trinajstić information content (AvgIpc) is 3.02. The Balaban J connectivity index is 1.89. The maximum Gasteiger partial charge on any atom is 0.243 e. The van der Waals surface area contributed by atoms with Crippen LogP contribution >= 0.6 is 0 Å². The molecule has 1 aliphatic carbocycles. The first-order valence-corrected chi connectivity index (χ1v) is 9.66.